The Labute approximate surface area is 78.4 Å². The molecule has 3 heteroatoms. The molecule has 0 radical (unpaired) electrons. The largest absolute Gasteiger partial charge is 0.381 e. The van der Waals surface area contributed by atoms with Crippen LogP contribution >= 0.6 is 11.8 Å². The molecular weight excluding hydrogens is 170 g/mol. The fraction of sp³-hybridized carbons (Fsp3) is 1.00. The molecule has 2 fully saturated rings. The van der Waals surface area contributed by atoms with E-state index >= 15 is 0 Å². The van der Waals surface area contributed by atoms with Crippen LogP contribution < -0.4 is 5.32 Å². The van der Waals surface area contributed by atoms with Crippen molar-refractivity contribution in [1.82, 2.24) is 5.32 Å². The van der Waals surface area contributed by atoms with Crippen molar-refractivity contribution in [1.29, 1.82) is 0 Å². The van der Waals surface area contributed by atoms with Gasteiger partial charge in [0.1, 0.15) is 0 Å². The van der Waals surface area contributed by atoms with Gasteiger partial charge in [-0.05, 0) is 26.2 Å². The van der Waals surface area contributed by atoms with E-state index in [1.807, 2.05) is 0 Å². The van der Waals surface area contributed by atoms with Gasteiger partial charge < -0.3 is 4.74 Å². The van der Waals surface area contributed by atoms with Crippen LogP contribution in [0.4, 0.5) is 0 Å². The number of thioether (sulfide) groups is 1. The first-order chi connectivity index (χ1) is 5.81. The summed E-state index contributed by atoms with van der Waals surface area (Å²) >= 11 is 2.10. The van der Waals surface area contributed by atoms with Crippen LogP contribution in [-0.2, 0) is 4.74 Å². The number of ether oxygens (including phenoxy) is 1. The van der Waals surface area contributed by atoms with Gasteiger partial charge in [-0.2, -0.15) is 0 Å². The lowest BCUT2D eigenvalue weighted by Crippen LogP contribution is -2.40. The molecule has 2 rings (SSSR count). The molecule has 1 spiro atoms. The van der Waals surface area contributed by atoms with Crippen molar-refractivity contribution in [3.8, 4) is 0 Å². The maximum Gasteiger partial charge on any atom is 0.0670 e. The summed E-state index contributed by atoms with van der Waals surface area (Å²) in [5, 5.41) is 3.69. The summed E-state index contributed by atoms with van der Waals surface area (Å²) in [6.45, 7) is 4.17. The number of rotatable bonds is 0. The lowest BCUT2D eigenvalue weighted by atomic mass is 10.1. The van der Waals surface area contributed by atoms with Crippen LogP contribution in [0.15, 0.2) is 0 Å². The Balaban J connectivity index is 1.98. The summed E-state index contributed by atoms with van der Waals surface area (Å²) < 4.78 is 5.46. The second kappa shape index (κ2) is 3.56. The van der Waals surface area contributed by atoms with Crippen LogP contribution in [0.3, 0.4) is 0 Å². The second-order valence-electron chi connectivity index (χ2n) is 3.82. The molecule has 0 aromatic rings. The van der Waals surface area contributed by atoms with Gasteiger partial charge in [-0.25, -0.2) is 0 Å². The van der Waals surface area contributed by atoms with E-state index in [0.717, 1.165) is 13.2 Å². The van der Waals surface area contributed by atoms with Gasteiger partial charge in [-0.15, -0.1) is 11.8 Å². The van der Waals surface area contributed by atoms with E-state index in [-0.39, 0.29) is 0 Å². The van der Waals surface area contributed by atoms with Gasteiger partial charge in [0.2, 0.25) is 0 Å². The smallest absolute Gasteiger partial charge is 0.0670 e. The Hall–Kier alpha value is 0.270. The van der Waals surface area contributed by atoms with Gasteiger partial charge in [-0.1, -0.05) is 0 Å². The zero-order chi connectivity index (χ0) is 8.44. The van der Waals surface area contributed by atoms with E-state index in [2.05, 4.69) is 24.0 Å². The highest BCUT2D eigenvalue weighted by Crippen LogP contribution is 2.38. The van der Waals surface area contributed by atoms with Gasteiger partial charge in [-0.3, -0.25) is 5.32 Å². The van der Waals surface area contributed by atoms with Crippen molar-refractivity contribution in [2.24, 2.45) is 0 Å². The highest BCUT2D eigenvalue weighted by atomic mass is 32.2. The summed E-state index contributed by atoms with van der Waals surface area (Å²) in [6, 6.07) is 0.688. The molecule has 1 N–H and O–H groups in total. The first-order valence-electron chi connectivity index (χ1n) is 4.80. The predicted molar refractivity (Wildman–Crippen MR) is 52.5 cm³/mol. The molecule has 2 aliphatic rings. The first kappa shape index (κ1) is 8.85. The molecule has 2 heterocycles. The third-order valence-electron chi connectivity index (χ3n) is 2.64. The highest BCUT2D eigenvalue weighted by Gasteiger charge is 2.37. The molecule has 70 valence electrons. The molecule has 2 nitrogen and oxygen atoms in total. The van der Waals surface area contributed by atoms with Crippen LogP contribution in [0.2, 0.25) is 0 Å². The predicted octanol–water partition coefficient (Wildman–Crippen LogP) is 1.61. The van der Waals surface area contributed by atoms with Crippen molar-refractivity contribution in [2.45, 2.75) is 37.1 Å². The molecular formula is C9H17NOS. The minimum Gasteiger partial charge on any atom is -0.381 e. The minimum absolute atomic E-state index is 0.371. The Kier molecular flexibility index (Phi) is 2.63. The fourth-order valence-electron chi connectivity index (χ4n) is 2.03. The van der Waals surface area contributed by atoms with Crippen LogP contribution in [0.5, 0.6) is 0 Å². The lowest BCUT2D eigenvalue weighted by molar-refractivity contribution is 0.141. The minimum atomic E-state index is 0.371. The third kappa shape index (κ3) is 1.78. The summed E-state index contributed by atoms with van der Waals surface area (Å²) in [5.74, 6) is 1.26. The molecule has 0 amide bonds. The molecule has 2 atom stereocenters. The summed E-state index contributed by atoms with van der Waals surface area (Å²) in [7, 11) is 0. The van der Waals surface area contributed by atoms with Crippen LogP contribution in [0.25, 0.3) is 0 Å². The van der Waals surface area contributed by atoms with E-state index in [9.17, 15) is 0 Å². The molecule has 2 saturated heterocycles. The monoisotopic (exact) mass is 187 g/mol. The maximum atomic E-state index is 5.46. The summed E-state index contributed by atoms with van der Waals surface area (Å²) in [5.41, 5.74) is 0. The van der Waals surface area contributed by atoms with Crippen LogP contribution in [-0.4, -0.2) is 29.9 Å². The molecule has 2 unspecified atom stereocenters. The van der Waals surface area contributed by atoms with Crippen LogP contribution in [0, 0.1) is 0 Å². The van der Waals surface area contributed by atoms with E-state index in [4.69, 9.17) is 4.74 Å². The SMILES string of the molecule is CC1CSC2(CCCOCC2)N1. The Morgan fingerprint density at radius 3 is 3.08 bits per heavy atom. The molecule has 0 aromatic carbocycles. The molecule has 2 aliphatic heterocycles. The molecule has 0 aliphatic carbocycles. The Bertz CT molecular complexity index is 155. The van der Waals surface area contributed by atoms with Gasteiger partial charge in [0.05, 0.1) is 4.87 Å². The first-order valence-corrected chi connectivity index (χ1v) is 5.79. The van der Waals surface area contributed by atoms with Crippen molar-refractivity contribution in [3.63, 3.8) is 0 Å². The van der Waals surface area contributed by atoms with Crippen molar-refractivity contribution in [3.05, 3.63) is 0 Å². The molecule has 0 aromatic heterocycles. The normalized spacial score (nSPS) is 43.2. The van der Waals surface area contributed by atoms with Crippen molar-refractivity contribution in [2.75, 3.05) is 19.0 Å². The number of hydrogen-bond donors (Lipinski definition) is 1. The molecule has 0 bridgehead atoms. The Morgan fingerprint density at radius 2 is 2.33 bits per heavy atom. The van der Waals surface area contributed by atoms with Gasteiger partial charge in [0, 0.05) is 25.0 Å². The Morgan fingerprint density at radius 1 is 1.42 bits per heavy atom. The zero-order valence-electron chi connectivity index (χ0n) is 7.64. The second-order valence-corrected chi connectivity index (χ2v) is 5.22. The third-order valence-corrected chi connectivity index (χ3v) is 4.38. The van der Waals surface area contributed by atoms with E-state index < -0.39 is 0 Å². The number of hydrogen-bond acceptors (Lipinski definition) is 3. The van der Waals surface area contributed by atoms with Gasteiger partial charge in [0.25, 0.3) is 0 Å². The standard InChI is InChI=1S/C9H17NOS/c1-8-7-12-9(10-8)3-2-5-11-6-4-9/h8,10H,2-7H2,1H3. The fourth-order valence-corrected chi connectivity index (χ4v) is 3.48. The molecule has 12 heavy (non-hydrogen) atoms. The highest BCUT2D eigenvalue weighted by molar-refractivity contribution is 8.00. The van der Waals surface area contributed by atoms with E-state index in [1.54, 1.807) is 0 Å². The molecule has 0 saturated carbocycles. The van der Waals surface area contributed by atoms with E-state index in [1.165, 1.54) is 25.0 Å². The topological polar surface area (TPSA) is 21.3 Å². The quantitative estimate of drug-likeness (QED) is 0.622. The average molecular weight is 187 g/mol. The maximum absolute atomic E-state index is 5.46. The van der Waals surface area contributed by atoms with Gasteiger partial charge >= 0.3 is 0 Å². The zero-order valence-corrected chi connectivity index (χ0v) is 8.45. The van der Waals surface area contributed by atoms with Gasteiger partial charge in [0.15, 0.2) is 0 Å². The lowest BCUT2D eigenvalue weighted by Gasteiger charge is -2.26. The number of nitrogens with one attached hydrogen (secondary N) is 1. The van der Waals surface area contributed by atoms with Crippen molar-refractivity contribution < 1.29 is 4.74 Å². The van der Waals surface area contributed by atoms with E-state index in [0.29, 0.717) is 10.9 Å². The summed E-state index contributed by atoms with van der Waals surface area (Å²) in [6.07, 6.45) is 3.68. The van der Waals surface area contributed by atoms with Crippen molar-refractivity contribution >= 4 is 11.8 Å². The van der Waals surface area contributed by atoms with Crippen LogP contribution in [0.1, 0.15) is 26.2 Å². The average Bonchev–Trinajstić information content (AvgIpc) is 2.30. The summed E-state index contributed by atoms with van der Waals surface area (Å²) in [4.78, 5) is 0.371.